The fourth-order valence-corrected chi connectivity index (χ4v) is 4.96. The summed E-state index contributed by atoms with van der Waals surface area (Å²) in [4.78, 5) is 35.6. The average Bonchev–Trinajstić information content (AvgIpc) is 2.79. The van der Waals surface area contributed by atoms with E-state index in [4.69, 9.17) is 4.74 Å². The molecule has 3 amide bonds. The molecule has 0 aliphatic heterocycles. The third-order valence-electron chi connectivity index (χ3n) is 5.51. The smallest absolute Gasteiger partial charge is 0.225 e. The second-order valence-corrected chi connectivity index (χ2v) is 13.6. The summed E-state index contributed by atoms with van der Waals surface area (Å²) >= 11 is 0. The van der Waals surface area contributed by atoms with Crippen LogP contribution >= 0.6 is 21.6 Å². The highest BCUT2D eigenvalue weighted by atomic mass is 33.1. The first-order valence-electron chi connectivity index (χ1n) is 13.4. The quantitative estimate of drug-likeness (QED) is 0.149. The van der Waals surface area contributed by atoms with Crippen LogP contribution in [0.25, 0.3) is 0 Å². The van der Waals surface area contributed by atoms with E-state index < -0.39 is 5.41 Å². The minimum absolute atomic E-state index is 0.0399. The van der Waals surface area contributed by atoms with Crippen LogP contribution in [0.4, 0.5) is 0 Å². The molecule has 9 heteroatoms. The number of unbranched alkanes of at least 4 members (excludes halogenated alkanes) is 1. The number of hydrogen-bond acceptors (Lipinski definition) is 6. The number of rotatable bonds is 18. The first-order chi connectivity index (χ1) is 16.7. The monoisotopic (exact) mass is 549 g/mol. The molecule has 0 fully saturated rings. The molecular weight excluding hydrogens is 494 g/mol. The number of carbonyl (C=O) groups is 3. The second kappa shape index (κ2) is 21.1. The molecule has 36 heavy (non-hydrogen) atoms. The molecule has 0 bridgehead atoms. The molecule has 0 aliphatic carbocycles. The van der Waals surface area contributed by atoms with E-state index in [9.17, 15) is 14.4 Å². The van der Waals surface area contributed by atoms with Gasteiger partial charge in [0, 0.05) is 55.5 Å². The first-order valence-corrected chi connectivity index (χ1v) is 15.8. The van der Waals surface area contributed by atoms with Crippen LogP contribution in [-0.2, 0) is 19.1 Å². The van der Waals surface area contributed by atoms with Crippen molar-refractivity contribution >= 4 is 39.3 Å². The van der Waals surface area contributed by atoms with E-state index >= 15 is 0 Å². The molecule has 0 rings (SSSR count). The summed E-state index contributed by atoms with van der Waals surface area (Å²) in [7, 11) is 5.05. The van der Waals surface area contributed by atoms with E-state index in [1.165, 1.54) is 12.8 Å². The van der Waals surface area contributed by atoms with Gasteiger partial charge in [0.15, 0.2) is 0 Å². The van der Waals surface area contributed by atoms with Crippen molar-refractivity contribution in [3.63, 3.8) is 0 Å². The standard InChI is InChI=1S/C23H45N3O4S2.C4H10/c1-17(2)26-21(29)22(4,5)13-15-30-23(6,7)12-14-25-20(28)11-16-31-32-18(3)9-10-19(27)24-8;1-3-4-2/h17-18H,9-16H2,1-8H3,(H,24,27)(H,25,28)(H,26,29);3-4H2,1-2H3. The Balaban J connectivity index is 0. The number of ether oxygens (including phenoxy) is 1. The highest BCUT2D eigenvalue weighted by Gasteiger charge is 2.29. The molecule has 0 heterocycles. The topological polar surface area (TPSA) is 96.5 Å². The second-order valence-electron chi connectivity index (χ2n) is 10.7. The molecule has 0 aromatic rings. The van der Waals surface area contributed by atoms with Crippen LogP contribution in [0, 0.1) is 5.41 Å². The van der Waals surface area contributed by atoms with Gasteiger partial charge in [-0.1, -0.05) is 69.0 Å². The third-order valence-corrected chi connectivity index (χ3v) is 8.47. The van der Waals surface area contributed by atoms with E-state index in [1.54, 1.807) is 28.6 Å². The summed E-state index contributed by atoms with van der Waals surface area (Å²) < 4.78 is 6.01. The molecule has 1 atom stereocenters. The van der Waals surface area contributed by atoms with Crippen molar-refractivity contribution in [2.45, 2.75) is 124 Å². The van der Waals surface area contributed by atoms with Gasteiger partial charge in [0.05, 0.1) is 5.60 Å². The molecule has 0 aromatic carbocycles. The number of nitrogens with one attached hydrogen (secondary N) is 3. The Bertz CT molecular complexity index is 612. The van der Waals surface area contributed by atoms with E-state index in [2.05, 4.69) is 36.7 Å². The highest BCUT2D eigenvalue weighted by molar-refractivity contribution is 8.76. The summed E-state index contributed by atoms with van der Waals surface area (Å²) in [6.07, 6.45) is 5.82. The molecule has 1 unspecified atom stereocenters. The predicted octanol–water partition coefficient (Wildman–Crippen LogP) is 5.72. The van der Waals surface area contributed by atoms with Crippen molar-refractivity contribution < 1.29 is 19.1 Å². The van der Waals surface area contributed by atoms with Crippen LogP contribution in [0.2, 0.25) is 0 Å². The van der Waals surface area contributed by atoms with Crippen molar-refractivity contribution in [2.75, 3.05) is 26.0 Å². The van der Waals surface area contributed by atoms with Crippen molar-refractivity contribution in [3.8, 4) is 0 Å². The Labute approximate surface area is 229 Å². The van der Waals surface area contributed by atoms with Gasteiger partial charge < -0.3 is 20.7 Å². The summed E-state index contributed by atoms with van der Waals surface area (Å²) in [6.45, 7) is 19.3. The van der Waals surface area contributed by atoms with Crippen LogP contribution in [-0.4, -0.2) is 60.6 Å². The Morgan fingerprint density at radius 3 is 2.06 bits per heavy atom. The molecule has 0 spiro atoms. The van der Waals surface area contributed by atoms with Crippen molar-refractivity contribution in [3.05, 3.63) is 0 Å². The molecule has 3 N–H and O–H groups in total. The van der Waals surface area contributed by atoms with E-state index in [0.717, 1.165) is 12.2 Å². The van der Waals surface area contributed by atoms with Crippen LogP contribution in [0.3, 0.4) is 0 Å². The van der Waals surface area contributed by atoms with Crippen molar-refractivity contribution in [1.29, 1.82) is 0 Å². The van der Waals surface area contributed by atoms with Gasteiger partial charge in [-0.2, -0.15) is 0 Å². The fourth-order valence-electron chi connectivity index (χ4n) is 2.62. The molecule has 7 nitrogen and oxygen atoms in total. The average molecular weight is 550 g/mol. The molecule has 0 saturated carbocycles. The summed E-state index contributed by atoms with van der Waals surface area (Å²) in [6, 6.07) is 0.122. The fraction of sp³-hybridized carbons (Fsp3) is 0.889. The number of hydrogen-bond donors (Lipinski definition) is 3. The molecule has 0 aromatic heterocycles. The molecule has 0 radical (unpaired) electrons. The lowest BCUT2D eigenvalue weighted by Gasteiger charge is -2.29. The SMILES string of the molecule is CCCC.CNC(=O)CCC(C)SSCCC(=O)NCCC(C)(C)OCCC(C)(C)C(=O)NC(C)C. The Morgan fingerprint density at radius 1 is 0.917 bits per heavy atom. The highest BCUT2D eigenvalue weighted by Crippen LogP contribution is 2.29. The zero-order valence-electron chi connectivity index (χ0n) is 24.7. The van der Waals surface area contributed by atoms with Gasteiger partial charge in [-0.05, 0) is 47.0 Å². The van der Waals surface area contributed by atoms with Gasteiger partial charge in [0.2, 0.25) is 17.7 Å². The Hall–Kier alpha value is -0.930. The third kappa shape index (κ3) is 22.3. The van der Waals surface area contributed by atoms with Crippen LogP contribution in [0.15, 0.2) is 0 Å². The van der Waals surface area contributed by atoms with Crippen molar-refractivity contribution in [2.24, 2.45) is 5.41 Å². The van der Waals surface area contributed by atoms with Gasteiger partial charge in [-0.25, -0.2) is 0 Å². The van der Waals surface area contributed by atoms with Gasteiger partial charge in [-0.15, -0.1) is 0 Å². The minimum Gasteiger partial charge on any atom is -0.375 e. The maximum absolute atomic E-state index is 12.3. The van der Waals surface area contributed by atoms with E-state index in [1.807, 2.05) is 41.5 Å². The lowest BCUT2D eigenvalue weighted by molar-refractivity contribution is -0.132. The predicted molar refractivity (Wildman–Crippen MR) is 157 cm³/mol. The zero-order valence-corrected chi connectivity index (χ0v) is 26.3. The maximum atomic E-state index is 12.3. The van der Waals surface area contributed by atoms with Gasteiger partial charge >= 0.3 is 0 Å². The molecule has 0 aliphatic rings. The zero-order chi connectivity index (χ0) is 28.2. The normalized spacial score (nSPS) is 12.4. The van der Waals surface area contributed by atoms with Crippen LogP contribution in [0.1, 0.15) is 107 Å². The molecular formula is C27H55N3O4S2. The Morgan fingerprint density at radius 2 is 1.53 bits per heavy atom. The lowest BCUT2D eigenvalue weighted by atomic mass is 9.88. The summed E-state index contributed by atoms with van der Waals surface area (Å²) in [5.41, 5.74) is -0.854. The van der Waals surface area contributed by atoms with Gasteiger partial charge in [0.1, 0.15) is 0 Å². The summed E-state index contributed by atoms with van der Waals surface area (Å²) in [5.74, 6) is 0.888. The van der Waals surface area contributed by atoms with Crippen LogP contribution in [0.5, 0.6) is 0 Å². The summed E-state index contributed by atoms with van der Waals surface area (Å²) in [5, 5.41) is 8.92. The molecule has 214 valence electrons. The maximum Gasteiger partial charge on any atom is 0.225 e. The van der Waals surface area contributed by atoms with E-state index in [-0.39, 0.29) is 29.4 Å². The lowest BCUT2D eigenvalue weighted by Crippen LogP contribution is -2.41. The number of amides is 3. The van der Waals surface area contributed by atoms with Crippen LogP contribution < -0.4 is 16.0 Å². The number of carbonyl (C=O) groups excluding carboxylic acids is 3. The largest absolute Gasteiger partial charge is 0.375 e. The minimum atomic E-state index is -0.482. The molecule has 0 saturated heterocycles. The van der Waals surface area contributed by atoms with E-state index in [0.29, 0.717) is 44.1 Å². The first kappa shape index (κ1) is 37.2. The van der Waals surface area contributed by atoms with Gasteiger partial charge in [-0.3, -0.25) is 14.4 Å². The van der Waals surface area contributed by atoms with Crippen molar-refractivity contribution in [1.82, 2.24) is 16.0 Å². The van der Waals surface area contributed by atoms with Gasteiger partial charge in [0.25, 0.3) is 0 Å². The Kier molecular flexibility index (Phi) is 21.8.